The lowest BCUT2D eigenvalue weighted by Crippen LogP contribution is -2.49. The smallest absolute Gasteiger partial charge is 0.409 e. The predicted molar refractivity (Wildman–Crippen MR) is 89.3 cm³/mol. The molecule has 7 nitrogen and oxygen atoms in total. The summed E-state index contributed by atoms with van der Waals surface area (Å²) < 4.78 is 23.8. The van der Waals surface area contributed by atoms with E-state index in [0.717, 1.165) is 0 Å². The van der Waals surface area contributed by atoms with E-state index in [4.69, 9.17) is 9.47 Å². The Morgan fingerprint density at radius 1 is 1.20 bits per heavy atom. The zero-order valence-electron chi connectivity index (χ0n) is 13.9. The average Bonchev–Trinajstić information content (AvgIpc) is 2.62. The number of benzene rings is 1. The molecule has 0 atom stereocenters. The molecule has 3 rings (SSSR count). The first-order valence-corrected chi connectivity index (χ1v) is 8.08. The quantitative estimate of drug-likeness (QED) is 0.848. The van der Waals surface area contributed by atoms with Gasteiger partial charge in [-0.15, -0.1) is 0 Å². The number of carbonyl (C=O) groups excluding carboxylic acids is 1. The Kier molecular flexibility index (Phi) is 5.27. The molecule has 1 aliphatic heterocycles. The average molecular weight is 346 g/mol. The highest BCUT2D eigenvalue weighted by Gasteiger charge is 2.23. The van der Waals surface area contributed by atoms with Gasteiger partial charge in [0.25, 0.3) is 0 Å². The minimum Gasteiger partial charge on any atom is -0.450 e. The van der Waals surface area contributed by atoms with Crippen LogP contribution in [0.25, 0.3) is 0 Å². The molecule has 1 saturated heterocycles. The van der Waals surface area contributed by atoms with Crippen LogP contribution in [0, 0.1) is 5.82 Å². The predicted octanol–water partition coefficient (Wildman–Crippen LogP) is 2.69. The van der Waals surface area contributed by atoms with Gasteiger partial charge in [0.05, 0.1) is 6.61 Å². The number of piperazine rings is 1. The second-order valence-corrected chi connectivity index (χ2v) is 5.45. The summed E-state index contributed by atoms with van der Waals surface area (Å²) in [6, 6.07) is 7.57. The fourth-order valence-electron chi connectivity index (χ4n) is 2.54. The van der Waals surface area contributed by atoms with Gasteiger partial charge in [0.1, 0.15) is 23.7 Å². The van der Waals surface area contributed by atoms with Gasteiger partial charge in [-0.1, -0.05) is 6.07 Å². The van der Waals surface area contributed by atoms with E-state index in [9.17, 15) is 9.18 Å². The second kappa shape index (κ2) is 7.78. The van der Waals surface area contributed by atoms with Crippen LogP contribution in [0.3, 0.4) is 0 Å². The van der Waals surface area contributed by atoms with E-state index in [1.807, 2.05) is 4.90 Å². The van der Waals surface area contributed by atoms with E-state index in [1.54, 1.807) is 30.0 Å². The molecule has 2 heterocycles. The third-order valence-corrected chi connectivity index (χ3v) is 3.78. The summed E-state index contributed by atoms with van der Waals surface area (Å²) in [5.74, 6) is 1.03. The number of amides is 1. The molecule has 0 bridgehead atoms. The van der Waals surface area contributed by atoms with Gasteiger partial charge in [-0.05, 0) is 19.1 Å². The maximum absolute atomic E-state index is 13.2. The largest absolute Gasteiger partial charge is 0.450 e. The molecule has 0 spiro atoms. The standard InChI is InChI=1S/C17H19FN4O3/c1-2-24-17(23)22-8-6-21(7-9-22)15-11-16(20-12-19-15)25-14-5-3-4-13(18)10-14/h3-5,10-12H,2,6-9H2,1H3. The van der Waals surface area contributed by atoms with Gasteiger partial charge in [0, 0.05) is 38.3 Å². The third-order valence-electron chi connectivity index (χ3n) is 3.78. The molecule has 8 heteroatoms. The van der Waals surface area contributed by atoms with Gasteiger partial charge in [-0.3, -0.25) is 0 Å². The van der Waals surface area contributed by atoms with Crippen molar-refractivity contribution in [2.45, 2.75) is 6.92 Å². The summed E-state index contributed by atoms with van der Waals surface area (Å²) in [7, 11) is 0. The molecule has 2 aromatic rings. The zero-order valence-corrected chi connectivity index (χ0v) is 13.9. The number of rotatable bonds is 4. The molecule has 0 unspecified atom stereocenters. The van der Waals surface area contributed by atoms with E-state index >= 15 is 0 Å². The Labute approximate surface area is 145 Å². The number of anilines is 1. The number of aromatic nitrogens is 2. The van der Waals surface area contributed by atoms with Crippen molar-refractivity contribution in [1.82, 2.24) is 14.9 Å². The molecule has 0 N–H and O–H groups in total. The Hall–Kier alpha value is -2.90. The number of hydrogen-bond acceptors (Lipinski definition) is 6. The van der Waals surface area contributed by atoms with E-state index in [2.05, 4.69) is 9.97 Å². The molecule has 0 aliphatic carbocycles. The van der Waals surface area contributed by atoms with Crippen LogP contribution in [0.5, 0.6) is 11.6 Å². The first-order valence-electron chi connectivity index (χ1n) is 8.08. The molecule has 1 aromatic carbocycles. The molecule has 25 heavy (non-hydrogen) atoms. The molecule has 1 fully saturated rings. The highest BCUT2D eigenvalue weighted by molar-refractivity contribution is 5.68. The molecule has 132 valence electrons. The molecular weight excluding hydrogens is 327 g/mol. The lowest BCUT2D eigenvalue weighted by Gasteiger charge is -2.34. The van der Waals surface area contributed by atoms with Crippen LogP contribution in [0.1, 0.15) is 6.92 Å². The molecule has 1 aromatic heterocycles. The van der Waals surface area contributed by atoms with Gasteiger partial charge in [0.2, 0.25) is 5.88 Å². The van der Waals surface area contributed by atoms with Crippen LogP contribution in [0.4, 0.5) is 15.0 Å². The SMILES string of the molecule is CCOC(=O)N1CCN(c2cc(Oc3cccc(F)c3)ncn2)CC1. The van der Waals surface area contributed by atoms with Gasteiger partial charge < -0.3 is 19.3 Å². The molecule has 1 aliphatic rings. The summed E-state index contributed by atoms with van der Waals surface area (Å²) in [6.45, 7) is 4.54. The van der Waals surface area contributed by atoms with Crippen molar-refractivity contribution in [1.29, 1.82) is 0 Å². The first kappa shape index (κ1) is 16.9. The Morgan fingerprint density at radius 3 is 2.72 bits per heavy atom. The van der Waals surface area contributed by atoms with Crippen molar-refractivity contribution < 1.29 is 18.7 Å². The van der Waals surface area contributed by atoms with Crippen molar-refractivity contribution in [3.8, 4) is 11.6 Å². The first-order chi connectivity index (χ1) is 12.2. The summed E-state index contributed by atoms with van der Waals surface area (Å²) in [5, 5.41) is 0. The van der Waals surface area contributed by atoms with Crippen LogP contribution in [0.15, 0.2) is 36.7 Å². The fraction of sp³-hybridized carbons (Fsp3) is 0.353. The van der Waals surface area contributed by atoms with Gasteiger partial charge >= 0.3 is 6.09 Å². The van der Waals surface area contributed by atoms with E-state index in [0.29, 0.717) is 50.2 Å². The Morgan fingerprint density at radius 2 is 2.00 bits per heavy atom. The normalized spacial score (nSPS) is 14.3. The van der Waals surface area contributed by atoms with Crippen molar-refractivity contribution in [3.63, 3.8) is 0 Å². The summed E-state index contributed by atoms with van der Waals surface area (Å²) in [5.41, 5.74) is 0. The van der Waals surface area contributed by atoms with Crippen LogP contribution in [0.2, 0.25) is 0 Å². The molecule has 0 radical (unpaired) electrons. The summed E-state index contributed by atoms with van der Waals surface area (Å²) in [6.07, 6.45) is 1.11. The molecule has 0 saturated carbocycles. The number of hydrogen-bond donors (Lipinski definition) is 0. The van der Waals surface area contributed by atoms with E-state index in [-0.39, 0.29) is 11.9 Å². The van der Waals surface area contributed by atoms with Crippen LogP contribution >= 0.6 is 0 Å². The van der Waals surface area contributed by atoms with Crippen LogP contribution in [-0.2, 0) is 4.74 Å². The minimum absolute atomic E-state index is 0.292. The highest BCUT2D eigenvalue weighted by atomic mass is 19.1. The monoisotopic (exact) mass is 346 g/mol. The summed E-state index contributed by atoms with van der Waals surface area (Å²) >= 11 is 0. The summed E-state index contributed by atoms with van der Waals surface area (Å²) in [4.78, 5) is 23.8. The van der Waals surface area contributed by atoms with E-state index < -0.39 is 0 Å². The Bertz CT molecular complexity index is 735. The minimum atomic E-state index is -0.373. The number of ether oxygens (including phenoxy) is 2. The molecular formula is C17H19FN4O3. The van der Waals surface area contributed by atoms with Crippen molar-refractivity contribution in [2.75, 3.05) is 37.7 Å². The van der Waals surface area contributed by atoms with Crippen LogP contribution in [-0.4, -0.2) is 53.7 Å². The van der Waals surface area contributed by atoms with Gasteiger partial charge in [-0.25, -0.2) is 19.2 Å². The van der Waals surface area contributed by atoms with Crippen LogP contribution < -0.4 is 9.64 Å². The Balaban J connectivity index is 1.63. The van der Waals surface area contributed by atoms with Crippen molar-refractivity contribution >= 4 is 11.9 Å². The van der Waals surface area contributed by atoms with Gasteiger partial charge in [-0.2, -0.15) is 0 Å². The lowest BCUT2D eigenvalue weighted by atomic mass is 10.3. The van der Waals surface area contributed by atoms with Crippen molar-refractivity contribution in [3.05, 3.63) is 42.5 Å². The fourth-order valence-corrected chi connectivity index (χ4v) is 2.54. The maximum atomic E-state index is 13.2. The second-order valence-electron chi connectivity index (χ2n) is 5.45. The third kappa shape index (κ3) is 4.34. The zero-order chi connectivity index (χ0) is 17.6. The number of carbonyl (C=O) groups is 1. The highest BCUT2D eigenvalue weighted by Crippen LogP contribution is 2.23. The number of nitrogens with zero attached hydrogens (tertiary/aromatic N) is 4. The lowest BCUT2D eigenvalue weighted by molar-refractivity contribution is 0.105. The maximum Gasteiger partial charge on any atom is 0.409 e. The van der Waals surface area contributed by atoms with E-state index in [1.165, 1.54) is 18.5 Å². The molecule has 1 amide bonds. The van der Waals surface area contributed by atoms with Gasteiger partial charge in [0.15, 0.2) is 0 Å². The topological polar surface area (TPSA) is 67.8 Å². The van der Waals surface area contributed by atoms with Crippen molar-refractivity contribution in [2.24, 2.45) is 0 Å². The number of halogens is 1.